The van der Waals surface area contributed by atoms with Gasteiger partial charge in [0.25, 0.3) is 5.91 Å². The molecule has 10 heteroatoms. The van der Waals surface area contributed by atoms with Crippen LogP contribution in [0.2, 0.25) is 0 Å². The Kier molecular flexibility index (Phi) is 4.61. The maximum absolute atomic E-state index is 14.0. The largest absolute Gasteiger partial charge is 0.414 e. The summed E-state index contributed by atoms with van der Waals surface area (Å²) < 4.78 is 32.6. The summed E-state index contributed by atoms with van der Waals surface area (Å²) in [4.78, 5) is 32.7. The fourth-order valence-corrected chi connectivity index (χ4v) is 3.96. The zero-order chi connectivity index (χ0) is 23.3. The molecule has 2 amide bonds. The van der Waals surface area contributed by atoms with E-state index in [0.29, 0.717) is 11.0 Å². The third-order valence-electron chi connectivity index (χ3n) is 5.48. The first-order valence-electron chi connectivity index (χ1n) is 9.84. The standard InChI is InChI=1S/C23H16F2N4O4/c1-26-22(31)33-21-27-18-9-6-12(10-19(18)28-21)23(32)15-5-3-2-4-14(15)20(30)29(23)13-7-8-16(24)17(25)11-13/h2-11,32H,1H3,(H,26,31)(H,27,28). The van der Waals surface area contributed by atoms with E-state index in [4.69, 9.17) is 4.74 Å². The summed E-state index contributed by atoms with van der Waals surface area (Å²) in [5.41, 5.74) is -0.434. The molecule has 0 spiro atoms. The van der Waals surface area contributed by atoms with Gasteiger partial charge in [0.15, 0.2) is 17.4 Å². The molecular weight excluding hydrogens is 434 g/mol. The zero-order valence-electron chi connectivity index (χ0n) is 17.1. The number of rotatable bonds is 3. The topological polar surface area (TPSA) is 108 Å². The van der Waals surface area contributed by atoms with Crippen molar-refractivity contribution in [1.29, 1.82) is 0 Å². The molecule has 1 aromatic heterocycles. The van der Waals surface area contributed by atoms with E-state index in [1.54, 1.807) is 42.5 Å². The van der Waals surface area contributed by atoms with Crippen molar-refractivity contribution in [2.24, 2.45) is 0 Å². The monoisotopic (exact) mass is 450 g/mol. The molecule has 166 valence electrons. The summed E-state index contributed by atoms with van der Waals surface area (Å²) in [6.07, 6.45) is -0.715. The predicted octanol–water partition coefficient (Wildman–Crippen LogP) is 3.41. The number of nitrogens with one attached hydrogen (secondary N) is 2. The molecule has 0 aliphatic carbocycles. The molecular formula is C23H16F2N4O4. The van der Waals surface area contributed by atoms with E-state index in [1.165, 1.54) is 13.1 Å². The highest BCUT2D eigenvalue weighted by molar-refractivity contribution is 6.12. The second kappa shape index (κ2) is 7.38. The molecule has 0 bridgehead atoms. The number of halogens is 2. The van der Waals surface area contributed by atoms with Crippen LogP contribution < -0.4 is 15.0 Å². The summed E-state index contributed by atoms with van der Waals surface area (Å²) in [6.45, 7) is 0. The Hall–Kier alpha value is -4.31. The number of aromatic amines is 1. The van der Waals surface area contributed by atoms with Gasteiger partial charge in [0.1, 0.15) is 0 Å². The van der Waals surface area contributed by atoms with Crippen molar-refractivity contribution < 1.29 is 28.2 Å². The first-order valence-corrected chi connectivity index (χ1v) is 9.84. The van der Waals surface area contributed by atoms with Gasteiger partial charge < -0.3 is 20.1 Å². The lowest BCUT2D eigenvalue weighted by atomic mass is 9.93. The van der Waals surface area contributed by atoms with E-state index < -0.39 is 29.4 Å². The second-order valence-electron chi connectivity index (χ2n) is 7.37. The zero-order valence-corrected chi connectivity index (χ0v) is 17.1. The van der Waals surface area contributed by atoms with Crippen LogP contribution in [-0.4, -0.2) is 34.1 Å². The average molecular weight is 450 g/mol. The molecule has 1 unspecified atom stereocenters. The van der Waals surface area contributed by atoms with Gasteiger partial charge in [0, 0.05) is 29.8 Å². The normalized spacial score (nSPS) is 17.3. The van der Waals surface area contributed by atoms with Gasteiger partial charge >= 0.3 is 12.1 Å². The Bertz CT molecular complexity index is 1440. The number of hydrogen-bond acceptors (Lipinski definition) is 5. The van der Waals surface area contributed by atoms with Gasteiger partial charge in [0.05, 0.1) is 16.7 Å². The SMILES string of the molecule is CNC(=O)Oc1nc2ccc(C3(O)c4ccccc4C(=O)N3c3ccc(F)c(F)c3)cc2[nH]1. The number of nitrogens with zero attached hydrogens (tertiary/aromatic N) is 2. The van der Waals surface area contributed by atoms with Crippen LogP contribution in [0.5, 0.6) is 6.01 Å². The van der Waals surface area contributed by atoms with E-state index in [-0.39, 0.29) is 28.4 Å². The van der Waals surface area contributed by atoms with E-state index in [0.717, 1.165) is 17.0 Å². The van der Waals surface area contributed by atoms with E-state index in [1.807, 2.05) is 0 Å². The van der Waals surface area contributed by atoms with Crippen molar-refractivity contribution in [2.45, 2.75) is 5.72 Å². The highest BCUT2D eigenvalue weighted by Gasteiger charge is 2.50. The summed E-state index contributed by atoms with van der Waals surface area (Å²) >= 11 is 0. The van der Waals surface area contributed by atoms with Gasteiger partial charge in [-0.05, 0) is 30.3 Å². The number of fused-ring (bicyclic) bond motifs is 2. The van der Waals surface area contributed by atoms with Crippen LogP contribution in [0.1, 0.15) is 21.5 Å². The number of H-pyrrole nitrogens is 1. The molecule has 0 radical (unpaired) electrons. The van der Waals surface area contributed by atoms with E-state index in [2.05, 4.69) is 15.3 Å². The number of amides is 2. The number of ether oxygens (including phenoxy) is 1. The van der Waals surface area contributed by atoms with Gasteiger partial charge in [0.2, 0.25) is 0 Å². The summed E-state index contributed by atoms with van der Waals surface area (Å²) in [5.74, 6) is -2.81. The number of aromatic nitrogens is 2. The summed E-state index contributed by atoms with van der Waals surface area (Å²) in [6, 6.07) is 14.0. The minimum atomic E-state index is -2.03. The molecule has 3 aromatic carbocycles. The van der Waals surface area contributed by atoms with Crippen LogP contribution in [0, 0.1) is 11.6 Å². The minimum absolute atomic E-state index is 0.0223. The fraction of sp³-hybridized carbons (Fsp3) is 0.0870. The molecule has 2 heterocycles. The van der Waals surface area contributed by atoms with Crippen LogP contribution >= 0.6 is 0 Å². The molecule has 1 aliphatic rings. The maximum Gasteiger partial charge on any atom is 0.414 e. The smallest absolute Gasteiger partial charge is 0.375 e. The predicted molar refractivity (Wildman–Crippen MR) is 114 cm³/mol. The molecule has 1 aliphatic heterocycles. The van der Waals surface area contributed by atoms with Crippen LogP contribution in [0.15, 0.2) is 60.7 Å². The molecule has 5 rings (SSSR count). The molecule has 1 atom stereocenters. The second-order valence-corrected chi connectivity index (χ2v) is 7.37. The van der Waals surface area contributed by atoms with Crippen molar-refractivity contribution in [3.05, 3.63) is 89.0 Å². The number of imidazole rings is 1. The highest BCUT2D eigenvalue weighted by atomic mass is 19.2. The molecule has 0 fully saturated rings. The Labute approximate surface area is 185 Å². The first kappa shape index (κ1) is 20.6. The lowest BCUT2D eigenvalue weighted by molar-refractivity contribution is 0.0703. The Balaban J connectivity index is 1.68. The van der Waals surface area contributed by atoms with Gasteiger partial charge in [-0.2, -0.15) is 4.98 Å². The Morgan fingerprint density at radius 3 is 2.67 bits per heavy atom. The number of carbonyl (C=O) groups excluding carboxylic acids is 2. The highest BCUT2D eigenvalue weighted by Crippen LogP contribution is 2.45. The lowest BCUT2D eigenvalue weighted by Gasteiger charge is -2.35. The minimum Gasteiger partial charge on any atom is -0.375 e. The number of hydrogen-bond donors (Lipinski definition) is 3. The third-order valence-corrected chi connectivity index (χ3v) is 5.48. The molecule has 8 nitrogen and oxygen atoms in total. The number of aliphatic hydroxyl groups is 1. The van der Waals surface area contributed by atoms with Crippen molar-refractivity contribution in [3.63, 3.8) is 0 Å². The lowest BCUT2D eigenvalue weighted by Crippen LogP contribution is -2.45. The van der Waals surface area contributed by atoms with E-state index >= 15 is 0 Å². The van der Waals surface area contributed by atoms with Crippen molar-refractivity contribution in [3.8, 4) is 6.01 Å². The molecule has 4 aromatic rings. The van der Waals surface area contributed by atoms with Crippen LogP contribution in [0.25, 0.3) is 11.0 Å². The van der Waals surface area contributed by atoms with Crippen molar-refractivity contribution in [2.75, 3.05) is 11.9 Å². The van der Waals surface area contributed by atoms with Crippen LogP contribution in [-0.2, 0) is 5.72 Å². The van der Waals surface area contributed by atoms with Gasteiger partial charge in [-0.25, -0.2) is 13.6 Å². The number of anilines is 1. The number of carbonyl (C=O) groups is 2. The molecule has 0 saturated carbocycles. The number of benzene rings is 3. The average Bonchev–Trinajstić information content (AvgIpc) is 3.32. The molecule has 0 saturated heterocycles. The van der Waals surface area contributed by atoms with Crippen molar-refractivity contribution in [1.82, 2.24) is 15.3 Å². The first-order chi connectivity index (χ1) is 15.8. The van der Waals surface area contributed by atoms with Gasteiger partial charge in [-0.3, -0.25) is 9.69 Å². The Morgan fingerprint density at radius 2 is 1.91 bits per heavy atom. The quantitative estimate of drug-likeness (QED) is 0.443. The summed E-state index contributed by atoms with van der Waals surface area (Å²) in [7, 11) is 1.40. The third kappa shape index (κ3) is 3.11. The van der Waals surface area contributed by atoms with Crippen molar-refractivity contribution >= 4 is 28.7 Å². The molecule has 3 N–H and O–H groups in total. The Morgan fingerprint density at radius 1 is 1.12 bits per heavy atom. The summed E-state index contributed by atoms with van der Waals surface area (Å²) in [5, 5.41) is 14.3. The van der Waals surface area contributed by atoms with Crippen LogP contribution in [0.3, 0.4) is 0 Å². The van der Waals surface area contributed by atoms with E-state index in [9.17, 15) is 23.5 Å². The maximum atomic E-state index is 14.0. The fourth-order valence-electron chi connectivity index (χ4n) is 3.96. The molecule has 33 heavy (non-hydrogen) atoms. The van der Waals surface area contributed by atoms with Crippen LogP contribution in [0.4, 0.5) is 19.3 Å². The van der Waals surface area contributed by atoms with Gasteiger partial charge in [-0.1, -0.05) is 24.3 Å². The van der Waals surface area contributed by atoms with Gasteiger partial charge in [-0.15, -0.1) is 0 Å².